The van der Waals surface area contributed by atoms with Gasteiger partial charge in [0.25, 0.3) is 11.8 Å². The normalized spacial score (nSPS) is 23.9. The average molecular weight is 749 g/mol. The van der Waals surface area contributed by atoms with Gasteiger partial charge >= 0.3 is 5.97 Å². The number of anilines is 1. The molecule has 3 amide bonds. The Kier molecular flexibility index (Phi) is 10.3. The van der Waals surface area contributed by atoms with Gasteiger partial charge in [-0.15, -0.1) is 0 Å². The van der Waals surface area contributed by atoms with Crippen LogP contribution in [0, 0.1) is 16.4 Å². The SMILES string of the molecule is CCc1cccc(C(=O)OC2C(=O)N(C(C(=O)NC3CC4CCN3CC4)N(C=O)c3ccc(C)cc3)C2CCc2cccc(I)c2)c1. The van der Waals surface area contributed by atoms with Crippen LogP contribution in [0.1, 0.15) is 59.7 Å². The first kappa shape index (κ1) is 33.1. The third kappa shape index (κ3) is 7.23. The molecule has 0 saturated carbocycles. The minimum absolute atomic E-state index is 0.162. The number of rotatable bonds is 12. The Balaban J connectivity index is 1.32. The van der Waals surface area contributed by atoms with E-state index in [9.17, 15) is 19.2 Å². The zero-order chi connectivity index (χ0) is 33.1. The molecule has 246 valence electrons. The molecule has 4 aliphatic heterocycles. The smallest absolute Gasteiger partial charge is 0.338 e. The number of likely N-dealkylation sites (tertiary alicyclic amines) is 1. The van der Waals surface area contributed by atoms with Crippen molar-refractivity contribution < 1.29 is 23.9 Å². The number of hydrogen-bond donors (Lipinski definition) is 1. The van der Waals surface area contributed by atoms with E-state index in [1.807, 2.05) is 50.2 Å². The molecule has 4 heterocycles. The Labute approximate surface area is 289 Å². The summed E-state index contributed by atoms with van der Waals surface area (Å²) in [7, 11) is 0. The lowest BCUT2D eigenvalue weighted by Gasteiger charge is -2.52. The van der Waals surface area contributed by atoms with Gasteiger partial charge in [0.05, 0.1) is 17.8 Å². The largest absolute Gasteiger partial charge is 0.446 e. The maximum atomic E-state index is 14.4. The van der Waals surface area contributed by atoms with Gasteiger partial charge in [0.15, 0.2) is 6.17 Å². The molecule has 4 saturated heterocycles. The molecule has 0 spiro atoms. The van der Waals surface area contributed by atoms with Gasteiger partial charge in [-0.05, 0) is 121 Å². The van der Waals surface area contributed by atoms with E-state index < -0.39 is 36.1 Å². The van der Waals surface area contributed by atoms with Crippen LogP contribution in [0.4, 0.5) is 5.69 Å². The first-order valence-electron chi connectivity index (χ1n) is 16.5. The highest BCUT2D eigenvalue weighted by molar-refractivity contribution is 14.1. The van der Waals surface area contributed by atoms with Crippen LogP contribution < -0.4 is 10.2 Å². The van der Waals surface area contributed by atoms with Crippen LogP contribution in [0.25, 0.3) is 0 Å². The van der Waals surface area contributed by atoms with E-state index >= 15 is 0 Å². The van der Waals surface area contributed by atoms with E-state index in [1.54, 1.807) is 30.3 Å². The van der Waals surface area contributed by atoms with Gasteiger partial charge in [0.1, 0.15) is 0 Å². The first-order chi connectivity index (χ1) is 22.7. The van der Waals surface area contributed by atoms with Crippen molar-refractivity contribution in [2.75, 3.05) is 18.0 Å². The van der Waals surface area contributed by atoms with Crippen LogP contribution >= 0.6 is 22.6 Å². The van der Waals surface area contributed by atoms with Crippen molar-refractivity contribution in [1.29, 1.82) is 0 Å². The monoisotopic (exact) mass is 748 g/mol. The molecule has 0 aliphatic carbocycles. The lowest BCUT2D eigenvalue weighted by Crippen LogP contribution is -2.75. The fourth-order valence-electron chi connectivity index (χ4n) is 7.09. The summed E-state index contributed by atoms with van der Waals surface area (Å²) in [4.78, 5) is 59.7. The molecular formula is C37H41IN4O5. The summed E-state index contributed by atoms with van der Waals surface area (Å²) in [5.74, 6) is -0.967. The summed E-state index contributed by atoms with van der Waals surface area (Å²) in [5, 5.41) is 3.20. The van der Waals surface area contributed by atoms with Gasteiger partial charge in [-0.1, -0.05) is 48.9 Å². The zero-order valence-electron chi connectivity index (χ0n) is 26.8. The highest BCUT2D eigenvalue weighted by atomic mass is 127. The number of halogens is 1. The molecule has 0 radical (unpaired) electrons. The van der Waals surface area contributed by atoms with Crippen molar-refractivity contribution in [3.8, 4) is 0 Å². The van der Waals surface area contributed by atoms with Crippen LogP contribution in [0.5, 0.6) is 0 Å². The molecule has 3 aromatic rings. The van der Waals surface area contributed by atoms with Gasteiger partial charge in [-0.2, -0.15) is 0 Å². The molecule has 3 aromatic carbocycles. The van der Waals surface area contributed by atoms with Crippen LogP contribution in [0.2, 0.25) is 0 Å². The summed E-state index contributed by atoms with van der Waals surface area (Å²) >= 11 is 2.26. The summed E-state index contributed by atoms with van der Waals surface area (Å²) in [6.45, 7) is 5.77. The number of aryl methyl sites for hydroxylation is 3. The molecule has 1 N–H and O–H groups in total. The molecule has 47 heavy (non-hydrogen) atoms. The van der Waals surface area contributed by atoms with Crippen LogP contribution in [-0.4, -0.2) is 71.6 Å². The molecule has 4 fully saturated rings. The molecule has 9 nitrogen and oxygen atoms in total. The maximum Gasteiger partial charge on any atom is 0.338 e. The summed E-state index contributed by atoms with van der Waals surface area (Å²) in [6, 6.07) is 21.9. The summed E-state index contributed by atoms with van der Waals surface area (Å²) in [6.07, 6.45) is 2.93. The van der Waals surface area contributed by atoms with Crippen LogP contribution in [0.15, 0.2) is 72.8 Å². The van der Waals surface area contributed by atoms with Crippen molar-refractivity contribution >= 4 is 52.5 Å². The predicted octanol–water partition coefficient (Wildman–Crippen LogP) is 5.08. The lowest BCUT2D eigenvalue weighted by atomic mass is 9.86. The predicted molar refractivity (Wildman–Crippen MR) is 187 cm³/mol. The van der Waals surface area contributed by atoms with E-state index in [2.05, 4.69) is 38.9 Å². The Morgan fingerprint density at radius 2 is 1.77 bits per heavy atom. The number of esters is 1. The standard InChI is InChI=1S/C37H41IN4O5/c1-3-25-6-4-8-28(20-25)37(46)47-33-31(15-12-26-7-5-9-29(38)21-26)42(36(33)45)35(41(23-43)30-13-10-24(2)11-14-30)34(44)39-32-22-27-16-18-40(32)19-17-27/h4-11,13-14,20-21,23,27,31-33,35H,3,12,15-19,22H2,1-2H3,(H,39,44). The number of amides is 3. The number of nitrogens with zero attached hydrogens (tertiary/aromatic N) is 3. The van der Waals surface area contributed by atoms with Crippen molar-refractivity contribution in [3.63, 3.8) is 0 Å². The van der Waals surface area contributed by atoms with Crippen molar-refractivity contribution in [2.24, 2.45) is 5.92 Å². The van der Waals surface area contributed by atoms with Crippen molar-refractivity contribution in [3.05, 3.63) is 98.6 Å². The Morgan fingerprint density at radius 3 is 2.43 bits per heavy atom. The van der Waals surface area contributed by atoms with E-state index in [0.717, 1.165) is 59.0 Å². The molecular weight excluding hydrogens is 707 g/mol. The van der Waals surface area contributed by atoms with Crippen LogP contribution in [0.3, 0.4) is 0 Å². The average Bonchev–Trinajstić information content (AvgIpc) is 3.09. The number of fused-ring (bicyclic) bond motifs is 3. The Morgan fingerprint density at radius 1 is 1.04 bits per heavy atom. The third-order valence-electron chi connectivity index (χ3n) is 9.79. The number of piperidine rings is 3. The van der Waals surface area contributed by atoms with E-state index in [4.69, 9.17) is 4.74 Å². The second-order valence-corrected chi connectivity index (χ2v) is 14.1. The Hall–Kier alpha value is -3.77. The fraction of sp³-hybridized carbons (Fsp3) is 0.405. The third-order valence-corrected chi connectivity index (χ3v) is 10.5. The molecule has 4 aliphatic rings. The number of β-lactam (4-membered cyclic amide) rings is 1. The topological polar surface area (TPSA) is 99.3 Å². The van der Waals surface area contributed by atoms with E-state index in [1.165, 1.54) is 9.80 Å². The minimum atomic E-state index is -1.26. The molecule has 10 heteroatoms. The number of carbonyl (C=O) groups excluding carboxylic acids is 4. The molecule has 4 atom stereocenters. The number of hydrogen-bond acceptors (Lipinski definition) is 6. The lowest BCUT2D eigenvalue weighted by molar-refractivity contribution is -0.176. The fourth-order valence-corrected chi connectivity index (χ4v) is 7.69. The summed E-state index contributed by atoms with van der Waals surface area (Å²) in [5.41, 5.74) is 3.92. The van der Waals surface area contributed by atoms with Crippen molar-refractivity contribution in [2.45, 2.75) is 76.8 Å². The summed E-state index contributed by atoms with van der Waals surface area (Å²) < 4.78 is 7.00. The molecule has 2 bridgehead atoms. The van der Waals surface area contributed by atoms with Gasteiger partial charge < -0.3 is 15.0 Å². The van der Waals surface area contributed by atoms with Gasteiger partial charge in [-0.25, -0.2) is 4.79 Å². The minimum Gasteiger partial charge on any atom is -0.446 e. The quantitative estimate of drug-likeness (QED) is 0.120. The Bertz CT molecular complexity index is 1620. The van der Waals surface area contributed by atoms with E-state index in [-0.39, 0.29) is 6.17 Å². The van der Waals surface area contributed by atoms with Gasteiger partial charge in [0.2, 0.25) is 12.5 Å². The molecule has 7 rings (SSSR count). The number of nitrogens with one attached hydrogen (secondary N) is 1. The second kappa shape index (κ2) is 14.6. The van der Waals surface area contributed by atoms with E-state index in [0.29, 0.717) is 36.4 Å². The highest BCUT2D eigenvalue weighted by Crippen LogP contribution is 2.35. The highest BCUT2D eigenvalue weighted by Gasteiger charge is 2.56. The van der Waals surface area contributed by atoms with Gasteiger partial charge in [-0.3, -0.25) is 24.2 Å². The zero-order valence-corrected chi connectivity index (χ0v) is 29.0. The maximum absolute atomic E-state index is 14.4. The molecule has 4 unspecified atom stereocenters. The van der Waals surface area contributed by atoms with Crippen LogP contribution in [-0.2, 0) is 32.0 Å². The first-order valence-corrected chi connectivity index (χ1v) is 17.5. The second-order valence-electron chi connectivity index (χ2n) is 12.8. The van der Waals surface area contributed by atoms with Crippen molar-refractivity contribution in [1.82, 2.24) is 15.1 Å². The van der Waals surface area contributed by atoms with Gasteiger partial charge in [0, 0.05) is 22.3 Å². The molecule has 0 aromatic heterocycles. The number of benzene rings is 3. The number of ether oxygens (including phenoxy) is 1. The number of carbonyl (C=O) groups is 4.